The van der Waals surface area contributed by atoms with Crippen LogP contribution in [-0.2, 0) is 6.54 Å². The summed E-state index contributed by atoms with van der Waals surface area (Å²) in [6, 6.07) is 5.93. The number of nitrogens with two attached hydrogens (primary N) is 1. The molecule has 0 saturated carbocycles. The molecular weight excluding hydrogens is 228 g/mol. The molecular formula is C14H22N2O2. The van der Waals surface area contributed by atoms with Crippen LogP contribution in [0.2, 0.25) is 0 Å². The van der Waals surface area contributed by atoms with E-state index in [-0.39, 0.29) is 0 Å². The number of methoxy groups -OCH3 is 1. The van der Waals surface area contributed by atoms with Gasteiger partial charge in [-0.05, 0) is 31.4 Å². The molecule has 1 atom stereocenters. The van der Waals surface area contributed by atoms with Crippen LogP contribution in [0.25, 0.3) is 0 Å². The second kappa shape index (κ2) is 5.16. The molecule has 0 aliphatic carbocycles. The second-order valence-electron chi connectivity index (χ2n) is 5.22. The predicted octanol–water partition coefficient (Wildman–Crippen LogP) is 1.51. The Morgan fingerprint density at radius 1 is 1.50 bits per heavy atom. The van der Waals surface area contributed by atoms with Crippen molar-refractivity contribution in [3.05, 3.63) is 23.8 Å². The minimum Gasteiger partial charge on any atom is -0.497 e. The van der Waals surface area contributed by atoms with Crippen LogP contribution < -0.4 is 15.4 Å². The lowest BCUT2D eigenvalue weighted by Crippen LogP contribution is -2.46. The predicted molar refractivity (Wildman–Crippen MR) is 73.0 cm³/mol. The molecule has 0 amide bonds. The van der Waals surface area contributed by atoms with Gasteiger partial charge >= 0.3 is 0 Å². The minimum absolute atomic E-state index is 0.498. The standard InChI is InChI=1S/C14H22N2O2/c1-14(17)6-3-7-16(10-14)13-8-12(18-2)5-4-11(13)9-15/h4-5,8,17H,3,6-7,9-10,15H2,1-2H3. The fourth-order valence-corrected chi connectivity index (χ4v) is 2.56. The highest BCUT2D eigenvalue weighted by Gasteiger charge is 2.29. The molecule has 0 bridgehead atoms. The van der Waals surface area contributed by atoms with Crippen molar-refractivity contribution in [3.63, 3.8) is 0 Å². The van der Waals surface area contributed by atoms with Gasteiger partial charge in [0.2, 0.25) is 0 Å². The van der Waals surface area contributed by atoms with Gasteiger partial charge in [-0.2, -0.15) is 0 Å². The van der Waals surface area contributed by atoms with E-state index in [1.165, 1.54) is 0 Å². The molecule has 1 fully saturated rings. The van der Waals surface area contributed by atoms with Gasteiger partial charge in [-0.3, -0.25) is 0 Å². The molecule has 18 heavy (non-hydrogen) atoms. The molecule has 0 aromatic heterocycles. The number of aliphatic hydroxyl groups is 1. The highest BCUT2D eigenvalue weighted by molar-refractivity contribution is 5.58. The topological polar surface area (TPSA) is 58.7 Å². The van der Waals surface area contributed by atoms with Crippen molar-refractivity contribution in [2.24, 2.45) is 5.73 Å². The highest BCUT2D eigenvalue weighted by atomic mass is 16.5. The summed E-state index contributed by atoms with van der Waals surface area (Å²) < 4.78 is 5.27. The Morgan fingerprint density at radius 3 is 2.89 bits per heavy atom. The van der Waals surface area contributed by atoms with Gasteiger partial charge in [-0.1, -0.05) is 6.07 Å². The first-order chi connectivity index (χ1) is 8.55. The highest BCUT2D eigenvalue weighted by Crippen LogP contribution is 2.31. The third kappa shape index (κ3) is 2.76. The molecule has 1 aliphatic rings. The van der Waals surface area contributed by atoms with Gasteiger partial charge in [0.1, 0.15) is 5.75 Å². The molecule has 0 radical (unpaired) electrons. The molecule has 3 N–H and O–H groups in total. The first-order valence-corrected chi connectivity index (χ1v) is 6.40. The Hall–Kier alpha value is -1.26. The van der Waals surface area contributed by atoms with Crippen LogP contribution in [0.5, 0.6) is 5.75 Å². The maximum atomic E-state index is 10.2. The van der Waals surface area contributed by atoms with E-state index >= 15 is 0 Å². The molecule has 1 saturated heterocycles. The van der Waals surface area contributed by atoms with Gasteiger partial charge in [0.15, 0.2) is 0 Å². The van der Waals surface area contributed by atoms with E-state index < -0.39 is 5.60 Å². The molecule has 4 nitrogen and oxygen atoms in total. The summed E-state index contributed by atoms with van der Waals surface area (Å²) in [4.78, 5) is 2.20. The van der Waals surface area contributed by atoms with E-state index in [4.69, 9.17) is 10.5 Å². The number of rotatable bonds is 3. The molecule has 100 valence electrons. The summed E-state index contributed by atoms with van der Waals surface area (Å²) >= 11 is 0. The first-order valence-electron chi connectivity index (χ1n) is 6.40. The Balaban J connectivity index is 2.30. The molecule has 0 spiro atoms. The van der Waals surface area contributed by atoms with E-state index in [2.05, 4.69) is 4.90 Å². The smallest absolute Gasteiger partial charge is 0.120 e. The average Bonchev–Trinajstić information content (AvgIpc) is 2.36. The average molecular weight is 250 g/mol. The number of nitrogens with zero attached hydrogens (tertiary/aromatic N) is 1. The number of anilines is 1. The summed E-state index contributed by atoms with van der Waals surface area (Å²) in [6.45, 7) is 3.99. The van der Waals surface area contributed by atoms with Crippen molar-refractivity contribution in [2.75, 3.05) is 25.1 Å². The number of piperidine rings is 1. The van der Waals surface area contributed by atoms with Crippen LogP contribution in [0.1, 0.15) is 25.3 Å². The third-order valence-electron chi connectivity index (χ3n) is 3.53. The van der Waals surface area contributed by atoms with Crippen molar-refractivity contribution in [3.8, 4) is 5.75 Å². The molecule has 1 aliphatic heterocycles. The Labute approximate surface area is 108 Å². The van der Waals surface area contributed by atoms with Gasteiger partial charge in [0, 0.05) is 31.4 Å². The monoisotopic (exact) mass is 250 g/mol. The van der Waals surface area contributed by atoms with Crippen LogP contribution in [0, 0.1) is 0 Å². The van der Waals surface area contributed by atoms with E-state index in [9.17, 15) is 5.11 Å². The zero-order valence-corrected chi connectivity index (χ0v) is 11.1. The number of hydrogen-bond acceptors (Lipinski definition) is 4. The lowest BCUT2D eigenvalue weighted by molar-refractivity contribution is 0.0449. The van der Waals surface area contributed by atoms with Crippen molar-refractivity contribution in [1.29, 1.82) is 0 Å². The molecule has 2 rings (SSSR count). The van der Waals surface area contributed by atoms with E-state index in [1.54, 1.807) is 7.11 Å². The molecule has 1 heterocycles. The Morgan fingerprint density at radius 2 is 2.28 bits per heavy atom. The number of benzene rings is 1. The van der Waals surface area contributed by atoms with E-state index in [0.717, 1.165) is 36.4 Å². The molecule has 4 heteroatoms. The van der Waals surface area contributed by atoms with Crippen molar-refractivity contribution < 1.29 is 9.84 Å². The number of β-amino-alcohol motifs (C(OH)–C–C–N with tert-alkyl or cyclic N) is 1. The number of hydrogen-bond donors (Lipinski definition) is 2. The lowest BCUT2D eigenvalue weighted by Gasteiger charge is -2.39. The minimum atomic E-state index is -0.618. The molecule has 1 unspecified atom stereocenters. The van der Waals surface area contributed by atoms with Crippen LogP contribution in [0.3, 0.4) is 0 Å². The van der Waals surface area contributed by atoms with Crippen LogP contribution >= 0.6 is 0 Å². The van der Waals surface area contributed by atoms with E-state index in [1.807, 2.05) is 25.1 Å². The maximum absolute atomic E-state index is 10.2. The Bertz CT molecular complexity index is 418. The van der Waals surface area contributed by atoms with Gasteiger partial charge < -0.3 is 20.5 Å². The second-order valence-corrected chi connectivity index (χ2v) is 5.22. The maximum Gasteiger partial charge on any atom is 0.120 e. The fourth-order valence-electron chi connectivity index (χ4n) is 2.56. The lowest BCUT2D eigenvalue weighted by atomic mass is 9.94. The molecule has 1 aromatic rings. The van der Waals surface area contributed by atoms with Crippen molar-refractivity contribution in [2.45, 2.75) is 31.9 Å². The summed E-state index contributed by atoms with van der Waals surface area (Å²) in [5.74, 6) is 0.826. The summed E-state index contributed by atoms with van der Waals surface area (Å²) in [6.07, 6.45) is 1.85. The molecule has 1 aromatic carbocycles. The van der Waals surface area contributed by atoms with Crippen LogP contribution in [0.15, 0.2) is 18.2 Å². The first kappa shape index (κ1) is 13.2. The normalized spacial score (nSPS) is 24.1. The summed E-state index contributed by atoms with van der Waals surface area (Å²) in [5.41, 5.74) is 7.34. The van der Waals surface area contributed by atoms with Gasteiger partial charge in [-0.15, -0.1) is 0 Å². The van der Waals surface area contributed by atoms with Crippen molar-refractivity contribution >= 4 is 5.69 Å². The summed E-state index contributed by atoms with van der Waals surface area (Å²) in [5, 5.41) is 10.2. The van der Waals surface area contributed by atoms with Gasteiger partial charge in [-0.25, -0.2) is 0 Å². The third-order valence-corrected chi connectivity index (χ3v) is 3.53. The fraction of sp³-hybridized carbons (Fsp3) is 0.571. The van der Waals surface area contributed by atoms with Gasteiger partial charge in [0.25, 0.3) is 0 Å². The van der Waals surface area contributed by atoms with Gasteiger partial charge in [0.05, 0.1) is 12.7 Å². The van der Waals surface area contributed by atoms with Crippen LogP contribution in [-0.4, -0.2) is 30.9 Å². The largest absolute Gasteiger partial charge is 0.497 e. The zero-order chi connectivity index (χ0) is 13.2. The Kier molecular flexibility index (Phi) is 3.78. The summed E-state index contributed by atoms with van der Waals surface area (Å²) in [7, 11) is 1.66. The number of ether oxygens (including phenoxy) is 1. The van der Waals surface area contributed by atoms with E-state index in [0.29, 0.717) is 13.1 Å². The SMILES string of the molecule is COc1ccc(CN)c(N2CCCC(C)(O)C2)c1. The van der Waals surface area contributed by atoms with Crippen LogP contribution in [0.4, 0.5) is 5.69 Å². The quantitative estimate of drug-likeness (QED) is 0.853. The van der Waals surface area contributed by atoms with Crippen molar-refractivity contribution in [1.82, 2.24) is 0 Å². The zero-order valence-electron chi connectivity index (χ0n) is 11.1.